The second kappa shape index (κ2) is 16.3. The first kappa shape index (κ1) is 27.4. The zero-order chi connectivity index (χ0) is 28.9. The topological polar surface area (TPSA) is 0 Å². The summed E-state index contributed by atoms with van der Waals surface area (Å²) in [5.74, 6) is 0. The summed E-state index contributed by atoms with van der Waals surface area (Å²) in [5, 5.41) is 4.42. The van der Waals surface area contributed by atoms with E-state index in [1.165, 1.54) is 0 Å². The highest BCUT2D eigenvalue weighted by molar-refractivity contribution is 5.31. The minimum Gasteiger partial charge on any atom is -0.0609 e. The first-order valence-corrected chi connectivity index (χ1v) is 12.2. The van der Waals surface area contributed by atoms with Crippen molar-refractivity contribution in [1.82, 2.24) is 0 Å². The smallest absolute Gasteiger partial charge is 0.0412 e. The zero-order valence-electron chi connectivity index (χ0n) is 21.9. The molecule has 180 valence electrons. The Balaban J connectivity index is 2.22. The molecule has 1 aliphatic rings. The van der Waals surface area contributed by atoms with Crippen LogP contribution in [0.3, 0.4) is 0 Å². The lowest BCUT2D eigenvalue weighted by atomic mass is 10.2. The van der Waals surface area contributed by atoms with E-state index in [2.05, 4.69) is 138 Å². The van der Waals surface area contributed by atoms with Gasteiger partial charge in [0.05, 0.1) is 0 Å². The molecule has 0 heteroatoms. The molecule has 0 heterocycles. The molecule has 0 nitrogen and oxygen atoms in total. The van der Waals surface area contributed by atoms with Crippen LogP contribution < -0.4 is 31.3 Å². The summed E-state index contributed by atoms with van der Waals surface area (Å²) in [7, 11) is 0. The van der Waals surface area contributed by atoms with Gasteiger partial charge in [0.15, 0.2) is 0 Å². The van der Waals surface area contributed by atoms with Crippen LogP contribution in [0, 0.1) is 0 Å². The maximum Gasteiger partial charge on any atom is 0.0412 e. The van der Waals surface area contributed by atoms with Gasteiger partial charge in [0.2, 0.25) is 0 Å². The van der Waals surface area contributed by atoms with Crippen LogP contribution >= 0.6 is 0 Å². The molecule has 3 aromatic carbocycles. The molecule has 0 saturated heterocycles. The SMILES string of the molecule is C1=C=C=C=C=c2ccccc2=C=C=C=C=C=C=C=C=c2ccccc2=C=C=C=C=C=C=C=C=c2ccccc2=C=C=C=1. The van der Waals surface area contributed by atoms with Crippen molar-refractivity contribution in [2.24, 2.45) is 0 Å². The summed E-state index contributed by atoms with van der Waals surface area (Å²) >= 11 is 0. The molecule has 4 rings (SSSR count). The van der Waals surface area contributed by atoms with E-state index in [-0.39, 0.29) is 0 Å². The first-order chi connectivity index (χ1) is 20.9. The highest BCUT2D eigenvalue weighted by Crippen LogP contribution is 1.72. The quantitative estimate of drug-likeness (QED) is 0.316. The third kappa shape index (κ3) is 9.36. The normalized spacial score (nSPS) is 9.43. The van der Waals surface area contributed by atoms with Crippen LogP contribution in [-0.2, 0) is 0 Å². The van der Waals surface area contributed by atoms with Crippen LogP contribution in [0.25, 0.3) is 34.4 Å². The molecular weight excluding hydrogens is 504 g/mol. The van der Waals surface area contributed by atoms with E-state index >= 15 is 0 Å². The molecule has 0 bridgehead atoms. The van der Waals surface area contributed by atoms with E-state index in [9.17, 15) is 0 Å². The Morgan fingerprint density at radius 1 is 0.190 bits per heavy atom. The average Bonchev–Trinajstić information content (AvgIpc) is 3.02. The van der Waals surface area contributed by atoms with Gasteiger partial charge in [-0.25, -0.2) is 0 Å². The molecule has 0 radical (unpaired) electrons. The van der Waals surface area contributed by atoms with Gasteiger partial charge in [0.1, 0.15) is 0 Å². The molecule has 0 aromatic heterocycles. The van der Waals surface area contributed by atoms with Crippen LogP contribution in [0.4, 0.5) is 0 Å². The van der Waals surface area contributed by atoms with E-state index in [0.717, 1.165) is 31.3 Å². The molecule has 0 unspecified atom stereocenters. The summed E-state index contributed by atoms with van der Waals surface area (Å²) in [4.78, 5) is 0. The van der Waals surface area contributed by atoms with Crippen molar-refractivity contribution in [3.8, 4) is 0 Å². The number of hydrogen-bond donors (Lipinski definition) is 0. The highest BCUT2D eigenvalue weighted by atomic mass is 13.8. The van der Waals surface area contributed by atoms with Gasteiger partial charge in [-0.05, 0) is 140 Å². The van der Waals surface area contributed by atoms with Crippen LogP contribution in [0.2, 0.25) is 0 Å². The predicted octanol–water partition coefficient (Wildman–Crippen LogP) is 2.84. The van der Waals surface area contributed by atoms with Gasteiger partial charge in [-0.15, -0.1) is 0 Å². The number of fused-ring (bicyclic) bond motifs is 3. The maximum atomic E-state index is 3.00. The molecule has 0 atom stereocenters. The zero-order valence-corrected chi connectivity index (χ0v) is 21.9. The van der Waals surface area contributed by atoms with Crippen molar-refractivity contribution in [3.05, 3.63) is 207 Å². The molecular formula is C42H12. The summed E-state index contributed by atoms with van der Waals surface area (Å²) < 4.78 is 0. The number of benzene rings is 3. The Bertz CT molecular complexity index is 2360. The van der Waals surface area contributed by atoms with Gasteiger partial charge in [-0.2, -0.15) is 0 Å². The Morgan fingerprint density at radius 3 is 0.500 bits per heavy atom. The van der Waals surface area contributed by atoms with Gasteiger partial charge in [0, 0.05) is 31.3 Å². The van der Waals surface area contributed by atoms with Gasteiger partial charge < -0.3 is 0 Å². The highest BCUT2D eigenvalue weighted by Gasteiger charge is 1.80. The van der Waals surface area contributed by atoms with E-state index in [4.69, 9.17) is 0 Å². The molecule has 42 heavy (non-hydrogen) atoms. The lowest BCUT2D eigenvalue weighted by Gasteiger charge is -1.79. The van der Waals surface area contributed by atoms with E-state index in [1.807, 2.05) is 72.8 Å². The van der Waals surface area contributed by atoms with Crippen LogP contribution in [0.15, 0.2) is 176 Å². The van der Waals surface area contributed by atoms with Gasteiger partial charge >= 0.3 is 0 Å². The van der Waals surface area contributed by atoms with E-state index in [0.29, 0.717) is 0 Å². The summed E-state index contributed by atoms with van der Waals surface area (Å²) in [6.07, 6.45) is 0. The third-order valence-electron chi connectivity index (χ3n) is 4.90. The largest absolute Gasteiger partial charge is 0.0609 e. The van der Waals surface area contributed by atoms with Crippen molar-refractivity contribution in [2.75, 3.05) is 0 Å². The maximum absolute atomic E-state index is 3.00. The van der Waals surface area contributed by atoms with Gasteiger partial charge in [-0.3, -0.25) is 0 Å². The molecule has 0 aliphatic heterocycles. The van der Waals surface area contributed by atoms with Crippen LogP contribution in [-0.4, -0.2) is 0 Å². The Labute approximate surface area is 241 Å². The van der Waals surface area contributed by atoms with Crippen molar-refractivity contribution in [3.63, 3.8) is 0 Å². The predicted molar refractivity (Wildman–Crippen MR) is 161 cm³/mol. The van der Waals surface area contributed by atoms with Crippen LogP contribution in [0.5, 0.6) is 0 Å². The Kier molecular flexibility index (Phi) is 10.6. The molecule has 0 fully saturated rings. The monoisotopic (exact) mass is 516 g/mol. The standard InChI is InChI=1S/C42H12/c1-2-8-14-26-38-32-21-22-34-40(38)28-16-10-5-6-12-18-30-42-36-24-23-35-41(42)29-17-11-4-3-9-15-27-39-33-20-19-31-37(39)25-13-7-1/h19-24,31-36H. The fourth-order valence-corrected chi connectivity index (χ4v) is 3.07. The van der Waals surface area contributed by atoms with Crippen molar-refractivity contribution in [2.45, 2.75) is 0 Å². The third-order valence-corrected chi connectivity index (χ3v) is 4.90. The first-order valence-electron chi connectivity index (χ1n) is 12.2. The second-order valence-corrected chi connectivity index (χ2v) is 7.64. The molecule has 3 aromatic rings. The molecule has 1 aliphatic carbocycles. The minimum absolute atomic E-state index is 0.737. The average molecular weight is 517 g/mol. The Hall–Kier alpha value is -7.62. The lowest BCUT2D eigenvalue weighted by Crippen LogP contribution is -2.20. The molecule has 0 N–H and O–H groups in total. The summed E-state index contributed by atoms with van der Waals surface area (Å²) in [5.41, 5.74) is 67.1. The van der Waals surface area contributed by atoms with Crippen molar-refractivity contribution < 1.29 is 0 Å². The Morgan fingerprint density at radius 2 is 0.333 bits per heavy atom. The molecule has 0 spiro atoms. The number of rotatable bonds is 0. The van der Waals surface area contributed by atoms with Crippen molar-refractivity contribution in [1.29, 1.82) is 0 Å². The van der Waals surface area contributed by atoms with E-state index < -0.39 is 0 Å². The lowest BCUT2D eigenvalue weighted by molar-refractivity contribution is 1.54. The van der Waals surface area contributed by atoms with Crippen molar-refractivity contribution >= 4 is 34.4 Å². The summed E-state index contributed by atoms with van der Waals surface area (Å²) in [6.45, 7) is 0. The summed E-state index contributed by atoms with van der Waals surface area (Å²) in [6, 6.07) is 22.5. The van der Waals surface area contributed by atoms with Crippen LogP contribution in [0.1, 0.15) is 0 Å². The fraction of sp³-hybridized carbons (Fsp3) is 0. The number of hydrogen-bond acceptors (Lipinski definition) is 0. The van der Waals surface area contributed by atoms with Gasteiger partial charge in [-0.1, -0.05) is 70.8 Å². The van der Waals surface area contributed by atoms with E-state index in [1.54, 1.807) is 0 Å². The fourth-order valence-electron chi connectivity index (χ4n) is 3.07. The second-order valence-electron chi connectivity index (χ2n) is 7.64. The molecule has 0 amide bonds. The molecule has 0 saturated carbocycles. The van der Waals surface area contributed by atoms with Gasteiger partial charge in [0.25, 0.3) is 0 Å². The minimum atomic E-state index is 0.737.